The molecule has 0 aliphatic rings. The van der Waals surface area contributed by atoms with Crippen molar-refractivity contribution < 1.29 is 4.74 Å². The van der Waals surface area contributed by atoms with Gasteiger partial charge in [0.2, 0.25) is 0 Å². The summed E-state index contributed by atoms with van der Waals surface area (Å²) in [7, 11) is 1.92. The summed E-state index contributed by atoms with van der Waals surface area (Å²) >= 11 is 0. The van der Waals surface area contributed by atoms with Crippen molar-refractivity contribution >= 4 is 0 Å². The van der Waals surface area contributed by atoms with Crippen molar-refractivity contribution in [2.24, 2.45) is 0 Å². The Morgan fingerprint density at radius 2 is 1.60 bits per heavy atom. The third-order valence-corrected chi connectivity index (χ3v) is 3.42. The first kappa shape index (κ1) is 14.5. The molecule has 3 heteroatoms. The van der Waals surface area contributed by atoms with Gasteiger partial charge in [-0.15, -0.1) is 0 Å². The zero-order chi connectivity index (χ0) is 14.5. The first-order valence-corrected chi connectivity index (χ1v) is 7.01. The van der Waals surface area contributed by atoms with E-state index in [-0.39, 0.29) is 6.04 Å². The zero-order valence-corrected chi connectivity index (χ0v) is 12.6. The van der Waals surface area contributed by atoms with E-state index in [9.17, 15) is 0 Å². The minimum Gasteiger partial charge on any atom is -0.456 e. The van der Waals surface area contributed by atoms with E-state index >= 15 is 0 Å². The molecule has 1 atom stereocenters. The highest BCUT2D eigenvalue weighted by atomic mass is 16.5. The van der Waals surface area contributed by atoms with Gasteiger partial charge in [0.05, 0.1) is 11.9 Å². The number of nitrogens with zero attached hydrogens (tertiary/aromatic N) is 1. The fourth-order valence-electron chi connectivity index (χ4n) is 1.91. The highest BCUT2D eigenvalue weighted by Gasteiger charge is 2.05. The molecular formula is C17H22N2O. The van der Waals surface area contributed by atoms with Crippen LogP contribution in [0.3, 0.4) is 0 Å². The lowest BCUT2D eigenvalue weighted by atomic mass is 10.0. The van der Waals surface area contributed by atoms with Gasteiger partial charge in [-0.25, -0.2) is 0 Å². The predicted molar refractivity (Wildman–Crippen MR) is 82.3 cm³/mol. The highest BCUT2D eigenvalue weighted by Crippen LogP contribution is 2.24. The Hall–Kier alpha value is -1.87. The minimum absolute atomic E-state index is 0.245. The van der Waals surface area contributed by atoms with E-state index in [2.05, 4.69) is 43.2 Å². The third kappa shape index (κ3) is 3.58. The van der Waals surface area contributed by atoms with Crippen LogP contribution < -0.4 is 10.1 Å². The van der Waals surface area contributed by atoms with Crippen LogP contribution in [0.25, 0.3) is 0 Å². The lowest BCUT2D eigenvalue weighted by Gasteiger charge is -2.11. The molecule has 106 valence electrons. The Morgan fingerprint density at radius 3 is 2.10 bits per heavy atom. The lowest BCUT2D eigenvalue weighted by Crippen LogP contribution is -2.13. The molecule has 0 saturated carbocycles. The van der Waals surface area contributed by atoms with Gasteiger partial charge in [-0.2, -0.15) is 0 Å². The Morgan fingerprint density at radius 1 is 0.950 bits per heavy atom. The van der Waals surface area contributed by atoms with Crippen LogP contribution in [-0.2, 0) is 0 Å². The molecule has 0 spiro atoms. The molecular weight excluding hydrogens is 248 g/mol. The first-order chi connectivity index (χ1) is 9.60. The summed E-state index contributed by atoms with van der Waals surface area (Å²) in [6.45, 7) is 6.44. The van der Waals surface area contributed by atoms with Gasteiger partial charge in [0, 0.05) is 6.04 Å². The van der Waals surface area contributed by atoms with E-state index in [0.29, 0.717) is 5.92 Å². The van der Waals surface area contributed by atoms with Gasteiger partial charge in [-0.1, -0.05) is 26.0 Å². The van der Waals surface area contributed by atoms with Crippen LogP contribution >= 0.6 is 0 Å². The van der Waals surface area contributed by atoms with Gasteiger partial charge < -0.3 is 10.1 Å². The van der Waals surface area contributed by atoms with Gasteiger partial charge in [0.15, 0.2) is 0 Å². The molecule has 1 N–H and O–H groups in total. The van der Waals surface area contributed by atoms with Crippen molar-refractivity contribution in [2.75, 3.05) is 7.05 Å². The summed E-state index contributed by atoms with van der Waals surface area (Å²) in [5.74, 6) is 2.13. The molecule has 0 bridgehead atoms. The number of rotatable bonds is 5. The summed E-state index contributed by atoms with van der Waals surface area (Å²) in [5, 5.41) is 3.16. The van der Waals surface area contributed by atoms with Gasteiger partial charge in [0.25, 0.3) is 0 Å². The zero-order valence-electron chi connectivity index (χ0n) is 12.6. The van der Waals surface area contributed by atoms with Crippen LogP contribution in [-0.4, -0.2) is 12.0 Å². The maximum Gasteiger partial charge on any atom is 0.145 e. The van der Waals surface area contributed by atoms with Gasteiger partial charge in [0.1, 0.15) is 11.5 Å². The van der Waals surface area contributed by atoms with E-state index < -0.39 is 0 Å². The standard InChI is InChI=1S/C17H22N2O/c1-12(2)14-5-7-15(8-6-14)20-16-9-10-17(19-11-16)13(3)18-4/h5-13,18H,1-4H3. The topological polar surface area (TPSA) is 34.1 Å². The lowest BCUT2D eigenvalue weighted by molar-refractivity contribution is 0.478. The summed E-state index contributed by atoms with van der Waals surface area (Å²) in [5.41, 5.74) is 2.32. The molecule has 2 aromatic rings. The second-order valence-electron chi connectivity index (χ2n) is 5.25. The maximum absolute atomic E-state index is 5.80. The fourth-order valence-corrected chi connectivity index (χ4v) is 1.91. The Bertz CT molecular complexity index is 532. The molecule has 1 aromatic carbocycles. The molecule has 2 rings (SSSR count). The van der Waals surface area contributed by atoms with Crippen LogP contribution in [0, 0.1) is 0 Å². The minimum atomic E-state index is 0.245. The SMILES string of the molecule is CNC(C)c1ccc(Oc2ccc(C(C)C)cc2)cn1. The predicted octanol–water partition coefficient (Wildman–Crippen LogP) is 4.28. The molecule has 3 nitrogen and oxygen atoms in total. The quantitative estimate of drug-likeness (QED) is 0.880. The second kappa shape index (κ2) is 6.53. The van der Waals surface area contributed by atoms with Crippen molar-refractivity contribution in [2.45, 2.75) is 32.7 Å². The Labute approximate surface area is 121 Å². The average molecular weight is 270 g/mol. The Kier molecular flexibility index (Phi) is 4.74. The molecule has 0 aliphatic heterocycles. The van der Waals surface area contributed by atoms with Crippen molar-refractivity contribution in [3.8, 4) is 11.5 Å². The molecule has 1 unspecified atom stereocenters. The molecule has 0 aliphatic carbocycles. The van der Waals surface area contributed by atoms with Crippen molar-refractivity contribution in [3.05, 3.63) is 53.9 Å². The van der Waals surface area contributed by atoms with E-state index in [4.69, 9.17) is 4.74 Å². The number of pyridine rings is 1. The summed E-state index contributed by atoms with van der Waals surface area (Å²) < 4.78 is 5.80. The number of benzene rings is 1. The molecule has 1 heterocycles. The Balaban J connectivity index is 2.06. The monoisotopic (exact) mass is 270 g/mol. The molecule has 0 fully saturated rings. The van der Waals surface area contributed by atoms with E-state index in [1.54, 1.807) is 6.20 Å². The second-order valence-corrected chi connectivity index (χ2v) is 5.25. The molecule has 1 aromatic heterocycles. The van der Waals surface area contributed by atoms with Crippen LogP contribution in [0.15, 0.2) is 42.6 Å². The van der Waals surface area contributed by atoms with Crippen LogP contribution in [0.5, 0.6) is 11.5 Å². The van der Waals surface area contributed by atoms with Crippen molar-refractivity contribution in [1.29, 1.82) is 0 Å². The van der Waals surface area contributed by atoms with Crippen molar-refractivity contribution in [3.63, 3.8) is 0 Å². The van der Waals surface area contributed by atoms with Crippen LogP contribution in [0.2, 0.25) is 0 Å². The van der Waals surface area contributed by atoms with E-state index in [1.807, 2.05) is 31.3 Å². The highest BCUT2D eigenvalue weighted by molar-refractivity contribution is 5.33. The van der Waals surface area contributed by atoms with Gasteiger partial charge >= 0.3 is 0 Å². The van der Waals surface area contributed by atoms with E-state index in [1.165, 1.54) is 5.56 Å². The van der Waals surface area contributed by atoms with Gasteiger partial charge in [-0.3, -0.25) is 4.98 Å². The van der Waals surface area contributed by atoms with Crippen LogP contribution in [0.1, 0.15) is 44.0 Å². The van der Waals surface area contributed by atoms with Crippen LogP contribution in [0.4, 0.5) is 0 Å². The number of nitrogens with one attached hydrogen (secondary N) is 1. The van der Waals surface area contributed by atoms with Crippen molar-refractivity contribution in [1.82, 2.24) is 10.3 Å². The number of ether oxygens (including phenoxy) is 1. The fraction of sp³-hybridized carbons (Fsp3) is 0.353. The number of hydrogen-bond acceptors (Lipinski definition) is 3. The summed E-state index contributed by atoms with van der Waals surface area (Å²) in [6.07, 6.45) is 1.76. The van der Waals surface area contributed by atoms with E-state index in [0.717, 1.165) is 17.2 Å². The number of aromatic nitrogens is 1. The molecule has 0 saturated heterocycles. The number of hydrogen-bond donors (Lipinski definition) is 1. The maximum atomic E-state index is 5.80. The summed E-state index contributed by atoms with van der Waals surface area (Å²) in [4.78, 5) is 4.40. The largest absolute Gasteiger partial charge is 0.456 e. The molecule has 20 heavy (non-hydrogen) atoms. The molecule has 0 radical (unpaired) electrons. The normalized spacial score (nSPS) is 12.4. The average Bonchev–Trinajstić information content (AvgIpc) is 2.48. The van der Waals surface area contributed by atoms with Gasteiger partial charge in [-0.05, 0) is 49.7 Å². The molecule has 0 amide bonds. The summed E-state index contributed by atoms with van der Waals surface area (Å²) in [6, 6.07) is 12.4. The third-order valence-electron chi connectivity index (χ3n) is 3.42. The smallest absolute Gasteiger partial charge is 0.145 e. The first-order valence-electron chi connectivity index (χ1n) is 7.01.